The molecule has 3 aliphatic heterocycles. The highest BCUT2D eigenvalue weighted by atomic mass is 35.5. The van der Waals surface area contributed by atoms with Crippen LogP contribution in [0.15, 0.2) is 36.4 Å². The lowest BCUT2D eigenvalue weighted by Gasteiger charge is -2.49. The summed E-state index contributed by atoms with van der Waals surface area (Å²) in [5.41, 5.74) is 1.86. The smallest absolute Gasteiger partial charge is 0.228 e. The van der Waals surface area contributed by atoms with Crippen LogP contribution in [0, 0.1) is 6.92 Å². The largest absolute Gasteiger partial charge is 0.379 e. The van der Waals surface area contributed by atoms with Gasteiger partial charge in [0, 0.05) is 56.3 Å². The van der Waals surface area contributed by atoms with Gasteiger partial charge in [-0.25, -0.2) is 4.98 Å². The summed E-state index contributed by atoms with van der Waals surface area (Å²) in [6.45, 7) is 9.49. The fourth-order valence-corrected chi connectivity index (χ4v) is 5.82. The number of carbonyl (C=O) groups excluding carboxylic acids is 1. The molecule has 1 aromatic heterocycles. The zero-order valence-corrected chi connectivity index (χ0v) is 21.2. The van der Waals surface area contributed by atoms with Crippen molar-refractivity contribution in [3.63, 3.8) is 0 Å². The number of morpholine rings is 1. The minimum absolute atomic E-state index is 0.130. The minimum atomic E-state index is -0.197. The monoisotopic (exact) mass is 502 g/mol. The van der Waals surface area contributed by atoms with E-state index in [9.17, 15) is 4.79 Å². The van der Waals surface area contributed by atoms with Crippen molar-refractivity contribution in [1.82, 2.24) is 14.8 Å². The molecule has 0 saturated carbocycles. The number of likely N-dealkylation sites (tertiary alicyclic amines) is 1. The molecule has 6 nitrogen and oxygen atoms in total. The second kappa shape index (κ2) is 10.1. The summed E-state index contributed by atoms with van der Waals surface area (Å²) in [5, 5.41) is 1.12. The highest BCUT2D eigenvalue weighted by Crippen LogP contribution is 2.41. The predicted molar refractivity (Wildman–Crippen MR) is 136 cm³/mol. The molecule has 0 spiro atoms. The normalized spacial score (nSPS) is 24.9. The summed E-state index contributed by atoms with van der Waals surface area (Å²) in [6.07, 6.45) is 2.25. The molecule has 8 heteroatoms. The molecule has 182 valence electrons. The third-order valence-corrected chi connectivity index (χ3v) is 8.41. The van der Waals surface area contributed by atoms with Gasteiger partial charge in [0.1, 0.15) is 5.82 Å². The average Bonchev–Trinajstić information content (AvgIpc) is 2.81. The van der Waals surface area contributed by atoms with Crippen LogP contribution >= 0.6 is 23.2 Å². The first-order chi connectivity index (χ1) is 16.4. The van der Waals surface area contributed by atoms with Crippen LogP contribution in [-0.4, -0.2) is 79.2 Å². The van der Waals surface area contributed by atoms with Crippen molar-refractivity contribution in [3.05, 3.63) is 57.7 Å². The van der Waals surface area contributed by atoms with Gasteiger partial charge in [0.15, 0.2) is 0 Å². The molecular weight excluding hydrogens is 471 g/mol. The topological polar surface area (TPSA) is 48.9 Å². The summed E-state index contributed by atoms with van der Waals surface area (Å²) in [4.78, 5) is 24.6. The van der Waals surface area contributed by atoms with Crippen LogP contribution in [0.25, 0.3) is 0 Å². The minimum Gasteiger partial charge on any atom is -0.379 e. The molecule has 0 aliphatic carbocycles. The molecule has 34 heavy (non-hydrogen) atoms. The van der Waals surface area contributed by atoms with Crippen LogP contribution in [-0.2, 0) is 14.9 Å². The molecule has 3 aliphatic rings. The van der Waals surface area contributed by atoms with Gasteiger partial charge in [-0.2, -0.15) is 0 Å². The Bertz CT molecular complexity index is 1040. The highest BCUT2D eigenvalue weighted by Gasteiger charge is 2.42. The lowest BCUT2D eigenvalue weighted by molar-refractivity contribution is -0.120. The van der Waals surface area contributed by atoms with Crippen LogP contribution in [0.2, 0.25) is 10.0 Å². The number of benzene rings is 1. The average molecular weight is 503 g/mol. The molecule has 3 saturated heterocycles. The lowest BCUT2D eigenvalue weighted by Crippen LogP contribution is -2.62. The number of aryl methyl sites for hydroxylation is 1. The van der Waals surface area contributed by atoms with Crippen molar-refractivity contribution in [2.75, 3.05) is 57.4 Å². The Kier molecular flexibility index (Phi) is 7.14. The van der Waals surface area contributed by atoms with Gasteiger partial charge in [-0.3, -0.25) is 14.6 Å². The molecule has 0 N–H and O–H groups in total. The number of piperidine rings is 1. The first kappa shape index (κ1) is 24.0. The Hall–Kier alpha value is -1.70. The number of anilines is 1. The summed E-state index contributed by atoms with van der Waals surface area (Å²) in [5.74, 6) is 0.857. The summed E-state index contributed by atoms with van der Waals surface area (Å²) in [6, 6.07) is 12.4. The van der Waals surface area contributed by atoms with Crippen LogP contribution in [0.3, 0.4) is 0 Å². The van der Waals surface area contributed by atoms with E-state index in [1.54, 1.807) is 0 Å². The van der Waals surface area contributed by atoms with E-state index >= 15 is 0 Å². The van der Waals surface area contributed by atoms with E-state index in [0.717, 1.165) is 75.9 Å². The molecule has 5 rings (SSSR count). The van der Waals surface area contributed by atoms with Crippen molar-refractivity contribution >= 4 is 34.9 Å². The third-order valence-electron chi connectivity index (χ3n) is 7.67. The number of pyridine rings is 1. The number of rotatable bonds is 6. The Morgan fingerprint density at radius 1 is 1.12 bits per heavy atom. The standard InChI is InChI=1S/C26H32Cl2N4O2/c1-19-3-2-4-24(29-19)32-18-26(8-7-25(32)33,20-5-6-22(27)23(28)15-20)9-10-30-16-21(17-30)31-11-13-34-14-12-31/h2-6,15,21H,7-14,16-18H2,1H3/t26-/m1/s1. The Morgan fingerprint density at radius 3 is 2.65 bits per heavy atom. The first-order valence-electron chi connectivity index (χ1n) is 12.2. The van der Waals surface area contributed by atoms with Crippen LogP contribution in [0.5, 0.6) is 0 Å². The molecule has 2 aromatic rings. The number of aromatic nitrogens is 1. The Balaban J connectivity index is 1.35. The van der Waals surface area contributed by atoms with Gasteiger partial charge >= 0.3 is 0 Å². The number of nitrogens with zero attached hydrogens (tertiary/aromatic N) is 4. The van der Waals surface area contributed by atoms with Crippen molar-refractivity contribution in [3.8, 4) is 0 Å². The zero-order chi connectivity index (χ0) is 23.7. The maximum absolute atomic E-state index is 13.0. The van der Waals surface area contributed by atoms with Gasteiger partial charge in [0.2, 0.25) is 5.91 Å². The van der Waals surface area contributed by atoms with E-state index in [1.807, 2.05) is 42.2 Å². The summed E-state index contributed by atoms with van der Waals surface area (Å²) < 4.78 is 5.50. The van der Waals surface area contributed by atoms with Crippen molar-refractivity contribution in [2.45, 2.75) is 37.6 Å². The molecule has 0 unspecified atom stereocenters. The van der Waals surface area contributed by atoms with Crippen LogP contribution in [0.1, 0.15) is 30.5 Å². The van der Waals surface area contributed by atoms with Gasteiger partial charge in [0.25, 0.3) is 0 Å². The third kappa shape index (κ3) is 4.98. The number of amides is 1. The SMILES string of the molecule is Cc1cccc(N2C[C@@](CCN3CC(N4CCOCC4)C3)(c3ccc(Cl)c(Cl)c3)CCC2=O)n1. The van der Waals surface area contributed by atoms with Gasteiger partial charge < -0.3 is 9.64 Å². The second-order valence-corrected chi connectivity index (χ2v) is 10.7. The number of carbonyl (C=O) groups is 1. The maximum Gasteiger partial charge on any atom is 0.228 e. The van der Waals surface area contributed by atoms with E-state index < -0.39 is 0 Å². The van der Waals surface area contributed by atoms with Gasteiger partial charge in [-0.15, -0.1) is 0 Å². The second-order valence-electron chi connectivity index (χ2n) is 9.84. The predicted octanol–water partition coefficient (Wildman–Crippen LogP) is 4.17. The molecule has 0 bridgehead atoms. The first-order valence-corrected chi connectivity index (χ1v) is 12.9. The fraction of sp³-hybridized carbons (Fsp3) is 0.538. The van der Waals surface area contributed by atoms with Crippen LogP contribution < -0.4 is 4.90 Å². The molecule has 0 radical (unpaired) electrons. The molecule has 1 atom stereocenters. The van der Waals surface area contributed by atoms with E-state index in [2.05, 4.69) is 20.9 Å². The number of halogens is 2. The zero-order valence-electron chi connectivity index (χ0n) is 19.7. The summed E-state index contributed by atoms with van der Waals surface area (Å²) >= 11 is 12.7. The van der Waals surface area contributed by atoms with Crippen molar-refractivity contribution in [1.29, 1.82) is 0 Å². The maximum atomic E-state index is 13.0. The molecule has 1 aromatic carbocycles. The van der Waals surface area contributed by atoms with Crippen molar-refractivity contribution < 1.29 is 9.53 Å². The van der Waals surface area contributed by atoms with Crippen LogP contribution in [0.4, 0.5) is 5.82 Å². The fourth-order valence-electron chi connectivity index (χ4n) is 5.52. The Morgan fingerprint density at radius 2 is 1.91 bits per heavy atom. The van der Waals surface area contributed by atoms with E-state index in [-0.39, 0.29) is 11.3 Å². The van der Waals surface area contributed by atoms with E-state index in [4.69, 9.17) is 27.9 Å². The lowest BCUT2D eigenvalue weighted by atomic mass is 9.71. The molecule has 3 fully saturated rings. The molecular formula is C26H32Cl2N4O2. The highest BCUT2D eigenvalue weighted by molar-refractivity contribution is 6.42. The molecule has 4 heterocycles. The van der Waals surface area contributed by atoms with E-state index in [1.165, 1.54) is 0 Å². The van der Waals surface area contributed by atoms with E-state index in [0.29, 0.717) is 29.1 Å². The number of ether oxygens (including phenoxy) is 1. The van der Waals surface area contributed by atoms with Gasteiger partial charge in [0.05, 0.1) is 23.3 Å². The summed E-state index contributed by atoms with van der Waals surface area (Å²) in [7, 11) is 0. The Labute approximate surface area is 211 Å². The quantitative estimate of drug-likeness (QED) is 0.593. The van der Waals surface area contributed by atoms with Gasteiger partial charge in [-0.1, -0.05) is 35.3 Å². The molecule has 1 amide bonds. The van der Waals surface area contributed by atoms with Crippen molar-refractivity contribution in [2.24, 2.45) is 0 Å². The van der Waals surface area contributed by atoms with Gasteiger partial charge in [-0.05, 0) is 56.1 Å². The number of hydrogen-bond donors (Lipinski definition) is 0. The number of hydrogen-bond acceptors (Lipinski definition) is 5.